The minimum Gasteiger partial charge on any atom is -0.508 e. The van der Waals surface area contributed by atoms with Crippen LogP contribution in [0.5, 0.6) is 0 Å². The fourth-order valence-corrected chi connectivity index (χ4v) is 2.40. The van der Waals surface area contributed by atoms with Crippen LogP contribution in [0.4, 0.5) is 0 Å². The van der Waals surface area contributed by atoms with Gasteiger partial charge in [-0.15, -0.1) is 0 Å². The van der Waals surface area contributed by atoms with Crippen LogP contribution in [0.2, 0.25) is 0 Å². The fourth-order valence-electron chi connectivity index (χ4n) is 2.40. The maximum atomic E-state index is 9.37. The lowest BCUT2D eigenvalue weighted by Crippen LogP contribution is -2.15. The highest BCUT2D eigenvalue weighted by molar-refractivity contribution is 5.57. The van der Waals surface area contributed by atoms with Crippen LogP contribution < -0.4 is 0 Å². The maximum Gasteiger partial charge on any atom is 0.119 e. The van der Waals surface area contributed by atoms with Crippen LogP contribution >= 0.6 is 0 Å². The van der Waals surface area contributed by atoms with Crippen LogP contribution in [0.15, 0.2) is 12.8 Å². The Balaban J connectivity index is 2.24. The van der Waals surface area contributed by atoms with Gasteiger partial charge in [-0.1, -0.05) is 25.8 Å². The first-order valence-electron chi connectivity index (χ1n) is 5.62. The van der Waals surface area contributed by atoms with Gasteiger partial charge in [0.15, 0.2) is 0 Å². The van der Waals surface area contributed by atoms with E-state index in [9.17, 15) is 5.11 Å². The largest absolute Gasteiger partial charge is 0.508 e. The number of aliphatic hydroxyl groups is 1. The molecule has 1 aromatic heterocycles. The second-order valence-electron chi connectivity index (χ2n) is 4.33. The Morgan fingerprint density at radius 3 is 2.67 bits per heavy atom. The van der Waals surface area contributed by atoms with Crippen molar-refractivity contribution >= 4 is 5.76 Å². The van der Waals surface area contributed by atoms with E-state index in [0.29, 0.717) is 6.04 Å². The average Bonchev–Trinajstić information content (AvgIpc) is 2.61. The topological polar surface area (TPSA) is 38.1 Å². The standard InChI is InChI=1S/C12H18N2O/c1-9-12(10(2)15)8-13-14(9)11-6-4-3-5-7-11/h8,11,15H,2-7H2,1H3. The number of rotatable bonds is 2. The highest BCUT2D eigenvalue weighted by Gasteiger charge is 2.19. The van der Waals surface area contributed by atoms with Crippen molar-refractivity contribution < 1.29 is 5.11 Å². The first-order valence-corrected chi connectivity index (χ1v) is 5.62. The Labute approximate surface area is 90.4 Å². The van der Waals surface area contributed by atoms with E-state index in [-0.39, 0.29) is 5.76 Å². The number of aromatic nitrogens is 2. The third-order valence-electron chi connectivity index (χ3n) is 3.28. The predicted octanol–water partition coefficient (Wildman–Crippen LogP) is 3.23. The molecular weight excluding hydrogens is 188 g/mol. The second kappa shape index (κ2) is 4.09. The summed E-state index contributed by atoms with van der Waals surface area (Å²) in [4.78, 5) is 0. The number of nitrogens with zero attached hydrogens (tertiary/aromatic N) is 2. The van der Waals surface area contributed by atoms with Gasteiger partial charge in [-0.2, -0.15) is 5.10 Å². The van der Waals surface area contributed by atoms with Gasteiger partial charge < -0.3 is 5.11 Å². The Morgan fingerprint density at radius 1 is 1.47 bits per heavy atom. The van der Waals surface area contributed by atoms with Crippen LogP contribution in [0.1, 0.15) is 49.4 Å². The van der Waals surface area contributed by atoms with Crippen molar-refractivity contribution in [3.8, 4) is 0 Å². The third-order valence-corrected chi connectivity index (χ3v) is 3.28. The maximum absolute atomic E-state index is 9.37. The normalized spacial score (nSPS) is 17.9. The summed E-state index contributed by atoms with van der Waals surface area (Å²) < 4.78 is 2.05. The second-order valence-corrected chi connectivity index (χ2v) is 4.33. The highest BCUT2D eigenvalue weighted by Crippen LogP contribution is 2.29. The molecule has 15 heavy (non-hydrogen) atoms. The zero-order valence-corrected chi connectivity index (χ0v) is 9.24. The molecule has 1 aliphatic carbocycles. The Hall–Kier alpha value is -1.25. The summed E-state index contributed by atoms with van der Waals surface area (Å²) in [6, 6.07) is 0.520. The van der Waals surface area contributed by atoms with Gasteiger partial charge in [0.1, 0.15) is 5.76 Å². The van der Waals surface area contributed by atoms with Crippen molar-refractivity contribution in [1.82, 2.24) is 9.78 Å². The van der Waals surface area contributed by atoms with E-state index >= 15 is 0 Å². The Kier molecular flexibility index (Phi) is 2.80. The molecule has 0 amide bonds. The van der Waals surface area contributed by atoms with E-state index in [2.05, 4.69) is 16.4 Å². The van der Waals surface area contributed by atoms with E-state index in [0.717, 1.165) is 11.3 Å². The lowest BCUT2D eigenvalue weighted by atomic mass is 9.95. The quantitative estimate of drug-likeness (QED) is 0.754. The van der Waals surface area contributed by atoms with Gasteiger partial charge in [-0.3, -0.25) is 4.68 Å². The van der Waals surface area contributed by atoms with E-state index in [1.54, 1.807) is 6.20 Å². The van der Waals surface area contributed by atoms with Gasteiger partial charge in [-0.25, -0.2) is 0 Å². The molecule has 0 aromatic carbocycles. The number of aliphatic hydroxyl groups excluding tert-OH is 1. The van der Waals surface area contributed by atoms with Gasteiger partial charge in [0.05, 0.1) is 17.8 Å². The summed E-state index contributed by atoms with van der Waals surface area (Å²) in [5.74, 6) is 0.120. The molecular formula is C12H18N2O. The minimum absolute atomic E-state index is 0.120. The number of hydrogen-bond donors (Lipinski definition) is 1. The number of hydrogen-bond acceptors (Lipinski definition) is 2. The molecule has 0 bridgehead atoms. The van der Waals surface area contributed by atoms with Crippen LogP contribution in [0.3, 0.4) is 0 Å². The zero-order chi connectivity index (χ0) is 10.8. The summed E-state index contributed by atoms with van der Waals surface area (Å²) in [6.07, 6.45) is 8.06. The molecule has 1 aromatic rings. The molecule has 3 heteroatoms. The third kappa shape index (κ3) is 1.91. The van der Waals surface area contributed by atoms with E-state index in [1.807, 2.05) is 6.92 Å². The highest BCUT2D eigenvalue weighted by atomic mass is 16.3. The molecule has 1 fully saturated rings. The molecule has 0 atom stereocenters. The molecule has 0 radical (unpaired) electrons. The van der Waals surface area contributed by atoms with Crippen LogP contribution in [0, 0.1) is 6.92 Å². The fraction of sp³-hybridized carbons (Fsp3) is 0.583. The molecule has 3 nitrogen and oxygen atoms in total. The molecule has 1 saturated carbocycles. The molecule has 0 unspecified atom stereocenters. The monoisotopic (exact) mass is 206 g/mol. The molecule has 0 spiro atoms. The van der Waals surface area contributed by atoms with Crippen molar-refractivity contribution in [3.63, 3.8) is 0 Å². The molecule has 82 valence electrons. The van der Waals surface area contributed by atoms with Gasteiger partial charge in [0.2, 0.25) is 0 Å². The molecule has 2 rings (SSSR count). The van der Waals surface area contributed by atoms with Gasteiger partial charge in [-0.05, 0) is 19.8 Å². The Bertz CT molecular complexity index is 362. The Morgan fingerprint density at radius 2 is 2.13 bits per heavy atom. The van der Waals surface area contributed by atoms with Crippen molar-refractivity contribution in [3.05, 3.63) is 24.0 Å². The summed E-state index contributed by atoms with van der Waals surface area (Å²) in [5.41, 5.74) is 1.81. The van der Waals surface area contributed by atoms with E-state index < -0.39 is 0 Å². The van der Waals surface area contributed by atoms with Gasteiger partial charge in [0.25, 0.3) is 0 Å². The van der Waals surface area contributed by atoms with Crippen molar-refractivity contribution in [2.75, 3.05) is 0 Å². The average molecular weight is 206 g/mol. The zero-order valence-electron chi connectivity index (χ0n) is 9.24. The molecule has 1 aliphatic rings. The lowest BCUT2D eigenvalue weighted by Gasteiger charge is -2.23. The summed E-state index contributed by atoms with van der Waals surface area (Å²) in [7, 11) is 0. The van der Waals surface area contributed by atoms with E-state index in [4.69, 9.17) is 0 Å². The first kappa shape index (κ1) is 10.3. The van der Waals surface area contributed by atoms with Gasteiger partial charge in [0, 0.05) is 5.69 Å². The molecule has 1 N–H and O–H groups in total. The molecule has 0 saturated heterocycles. The van der Waals surface area contributed by atoms with Crippen molar-refractivity contribution in [2.45, 2.75) is 45.1 Å². The van der Waals surface area contributed by atoms with Crippen LogP contribution in [-0.4, -0.2) is 14.9 Å². The van der Waals surface area contributed by atoms with Crippen molar-refractivity contribution in [2.24, 2.45) is 0 Å². The van der Waals surface area contributed by atoms with Crippen LogP contribution in [-0.2, 0) is 0 Å². The van der Waals surface area contributed by atoms with Crippen molar-refractivity contribution in [1.29, 1.82) is 0 Å². The SMILES string of the molecule is C=C(O)c1cnn(C2CCCCC2)c1C. The van der Waals surface area contributed by atoms with Crippen LogP contribution in [0.25, 0.3) is 5.76 Å². The molecule has 0 aliphatic heterocycles. The summed E-state index contributed by atoms with van der Waals surface area (Å²) in [6.45, 7) is 5.55. The van der Waals surface area contributed by atoms with Gasteiger partial charge >= 0.3 is 0 Å². The summed E-state index contributed by atoms with van der Waals surface area (Å²) in [5, 5.41) is 13.7. The minimum atomic E-state index is 0.120. The summed E-state index contributed by atoms with van der Waals surface area (Å²) >= 11 is 0. The predicted molar refractivity (Wildman–Crippen MR) is 60.7 cm³/mol. The first-order chi connectivity index (χ1) is 7.20. The lowest BCUT2D eigenvalue weighted by molar-refractivity contribution is 0.324. The van der Waals surface area contributed by atoms with E-state index in [1.165, 1.54) is 32.1 Å². The smallest absolute Gasteiger partial charge is 0.119 e. The molecule has 1 heterocycles.